The number of aromatic nitrogens is 1. The fraction of sp³-hybridized carbons (Fsp3) is 0.545. The Balaban J connectivity index is 2.07. The van der Waals surface area contributed by atoms with Crippen molar-refractivity contribution >= 4 is 5.82 Å². The molecule has 0 saturated carbocycles. The summed E-state index contributed by atoms with van der Waals surface area (Å²) in [5.74, 6) is 0.319. The van der Waals surface area contributed by atoms with Crippen LogP contribution in [-0.2, 0) is 9.47 Å². The minimum absolute atomic E-state index is 0.0814. The molecule has 1 fully saturated rings. The zero-order valence-electron chi connectivity index (χ0n) is 9.69. The molecule has 6 heteroatoms. The molecule has 5 nitrogen and oxygen atoms in total. The first-order chi connectivity index (χ1) is 8.31. The van der Waals surface area contributed by atoms with Gasteiger partial charge in [0.05, 0.1) is 19.4 Å². The second kappa shape index (κ2) is 5.79. The Morgan fingerprint density at radius 3 is 2.88 bits per heavy atom. The van der Waals surface area contributed by atoms with Crippen LogP contribution in [0.4, 0.5) is 10.2 Å². The predicted octanol–water partition coefficient (Wildman–Crippen LogP) is 1.04. The number of ether oxygens (including phenoxy) is 3. The first-order valence-electron chi connectivity index (χ1n) is 5.41. The van der Waals surface area contributed by atoms with E-state index in [0.29, 0.717) is 37.9 Å². The molecule has 0 aromatic carbocycles. The van der Waals surface area contributed by atoms with E-state index >= 15 is 0 Å². The van der Waals surface area contributed by atoms with Gasteiger partial charge in [0.15, 0.2) is 18.4 Å². The highest BCUT2D eigenvalue weighted by Crippen LogP contribution is 2.21. The van der Waals surface area contributed by atoms with Gasteiger partial charge in [0.25, 0.3) is 0 Å². The molecule has 1 aromatic heterocycles. The number of methoxy groups -OCH3 is 1. The van der Waals surface area contributed by atoms with E-state index in [0.717, 1.165) is 0 Å². The lowest BCUT2D eigenvalue weighted by Crippen LogP contribution is -2.37. The molecule has 17 heavy (non-hydrogen) atoms. The van der Waals surface area contributed by atoms with Gasteiger partial charge in [-0.05, 0) is 0 Å². The summed E-state index contributed by atoms with van der Waals surface area (Å²) in [6.07, 6.45) is 1.49. The number of halogens is 1. The van der Waals surface area contributed by atoms with Crippen molar-refractivity contribution in [1.82, 2.24) is 4.98 Å². The Bertz CT molecular complexity index is 370. The SMILES string of the molecule is COCOc1cnc(N2CCOCC2)c(F)c1. The van der Waals surface area contributed by atoms with E-state index in [4.69, 9.17) is 14.2 Å². The third-order valence-corrected chi connectivity index (χ3v) is 2.45. The van der Waals surface area contributed by atoms with Crippen LogP contribution in [0.25, 0.3) is 0 Å². The highest BCUT2D eigenvalue weighted by Gasteiger charge is 2.16. The Morgan fingerprint density at radius 2 is 2.24 bits per heavy atom. The topological polar surface area (TPSA) is 43.8 Å². The van der Waals surface area contributed by atoms with Gasteiger partial charge in [0, 0.05) is 26.3 Å². The first kappa shape index (κ1) is 12.1. The van der Waals surface area contributed by atoms with E-state index in [1.54, 1.807) is 0 Å². The summed E-state index contributed by atoms with van der Waals surface area (Å²) in [4.78, 5) is 5.93. The molecule has 1 aliphatic rings. The molecule has 0 N–H and O–H groups in total. The van der Waals surface area contributed by atoms with Crippen LogP contribution in [0.15, 0.2) is 12.3 Å². The highest BCUT2D eigenvalue weighted by molar-refractivity contribution is 5.42. The summed E-state index contributed by atoms with van der Waals surface area (Å²) >= 11 is 0. The average molecular weight is 242 g/mol. The van der Waals surface area contributed by atoms with E-state index in [-0.39, 0.29) is 12.6 Å². The van der Waals surface area contributed by atoms with E-state index in [9.17, 15) is 4.39 Å². The lowest BCUT2D eigenvalue weighted by molar-refractivity contribution is 0.0506. The van der Waals surface area contributed by atoms with Crippen molar-refractivity contribution in [3.8, 4) is 5.75 Å². The van der Waals surface area contributed by atoms with E-state index in [2.05, 4.69) is 4.98 Å². The largest absolute Gasteiger partial charge is 0.466 e. The van der Waals surface area contributed by atoms with Gasteiger partial charge in [-0.2, -0.15) is 0 Å². The fourth-order valence-electron chi connectivity index (χ4n) is 1.63. The summed E-state index contributed by atoms with van der Waals surface area (Å²) in [7, 11) is 1.51. The number of anilines is 1. The molecular weight excluding hydrogens is 227 g/mol. The zero-order valence-corrected chi connectivity index (χ0v) is 9.69. The normalized spacial score (nSPS) is 16.0. The van der Waals surface area contributed by atoms with E-state index in [1.807, 2.05) is 4.90 Å². The monoisotopic (exact) mass is 242 g/mol. The molecule has 1 aromatic rings. The third-order valence-electron chi connectivity index (χ3n) is 2.45. The molecule has 1 aliphatic heterocycles. The molecule has 2 heterocycles. The second-order valence-corrected chi connectivity index (χ2v) is 3.63. The lowest BCUT2D eigenvalue weighted by atomic mass is 10.3. The number of pyridine rings is 1. The van der Waals surface area contributed by atoms with E-state index < -0.39 is 0 Å². The molecule has 1 saturated heterocycles. The maximum Gasteiger partial charge on any atom is 0.188 e. The Morgan fingerprint density at radius 1 is 1.47 bits per heavy atom. The summed E-state index contributed by atoms with van der Waals surface area (Å²) in [6.45, 7) is 2.59. The van der Waals surface area contributed by atoms with Crippen molar-refractivity contribution in [2.24, 2.45) is 0 Å². The van der Waals surface area contributed by atoms with Crippen LogP contribution in [0.3, 0.4) is 0 Å². The number of hydrogen-bond acceptors (Lipinski definition) is 5. The molecule has 0 amide bonds. The zero-order chi connectivity index (χ0) is 12.1. The lowest BCUT2D eigenvalue weighted by Gasteiger charge is -2.28. The van der Waals surface area contributed by atoms with Crippen molar-refractivity contribution in [2.45, 2.75) is 0 Å². The minimum atomic E-state index is -0.388. The van der Waals surface area contributed by atoms with Crippen molar-refractivity contribution in [2.75, 3.05) is 45.1 Å². The number of rotatable bonds is 4. The molecule has 0 aliphatic carbocycles. The summed E-state index contributed by atoms with van der Waals surface area (Å²) in [5.41, 5.74) is 0. The van der Waals surface area contributed by atoms with Crippen LogP contribution >= 0.6 is 0 Å². The van der Waals surface area contributed by atoms with Crippen molar-refractivity contribution in [3.05, 3.63) is 18.1 Å². The van der Waals surface area contributed by atoms with E-state index in [1.165, 1.54) is 19.4 Å². The van der Waals surface area contributed by atoms with Crippen molar-refractivity contribution in [3.63, 3.8) is 0 Å². The Hall–Kier alpha value is -1.40. The Labute approximate surface area is 99.1 Å². The number of morpholine rings is 1. The number of hydrogen-bond donors (Lipinski definition) is 0. The summed E-state index contributed by atoms with van der Waals surface area (Å²) in [5, 5.41) is 0. The second-order valence-electron chi connectivity index (χ2n) is 3.63. The molecule has 0 bridgehead atoms. The predicted molar refractivity (Wildman–Crippen MR) is 59.7 cm³/mol. The summed E-state index contributed by atoms with van der Waals surface area (Å²) < 4.78 is 28.8. The highest BCUT2D eigenvalue weighted by atomic mass is 19.1. The van der Waals surface area contributed by atoms with Gasteiger partial charge in [0.1, 0.15) is 5.75 Å². The van der Waals surface area contributed by atoms with Gasteiger partial charge in [-0.1, -0.05) is 0 Å². The van der Waals surface area contributed by atoms with Gasteiger partial charge in [0.2, 0.25) is 0 Å². The van der Waals surface area contributed by atoms with Crippen LogP contribution in [0, 0.1) is 5.82 Å². The first-order valence-corrected chi connectivity index (χ1v) is 5.41. The molecule has 0 radical (unpaired) electrons. The fourth-order valence-corrected chi connectivity index (χ4v) is 1.63. The van der Waals surface area contributed by atoms with Crippen LogP contribution < -0.4 is 9.64 Å². The van der Waals surface area contributed by atoms with Crippen LogP contribution in [0.5, 0.6) is 5.75 Å². The molecular formula is C11H15FN2O3. The van der Waals surface area contributed by atoms with Gasteiger partial charge in [-0.3, -0.25) is 0 Å². The van der Waals surface area contributed by atoms with Crippen molar-refractivity contribution < 1.29 is 18.6 Å². The maximum absolute atomic E-state index is 13.8. The standard InChI is InChI=1S/C11H15FN2O3/c1-15-8-17-9-6-10(12)11(13-7-9)14-2-4-16-5-3-14/h6-7H,2-5,8H2,1H3. The molecule has 0 unspecified atom stereocenters. The molecule has 0 spiro atoms. The van der Waals surface area contributed by atoms with Crippen LogP contribution in [-0.4, -0.2) is 45.2 Å². The van der Waals surface area contributed by atoms with Gasteiger partial charge < -0.3 is 19.1 Å². The molecule has 2 rings (SSSR count). The maximum atomic E-state index is 13.8. The minimum Gasteiger partial charge on any atom is -0.466 e. The summed E-state index contributed by atoms with van der Waals surface area (Å²) in [6, 6.07) is 1.32. The Kier molecular flexibility index (Phi) is 4.11. The third kappa shape index (κ3) is 3.04. The van der Waals surface area contributed by atoms with Gasteiger partial charge in [-0.25, -0.2) is 9.37 Å². The quantitative estimate of drug-likeness (QED) is 0.738. The average Bonchev–Trinajstić information content (AvgIpc) is 2.37. The van der Waals surface area contributed by atoms with Crippen LogP contribution in [0.1, 0.15) is 0 Å². The molecule has 0 atom stereocenters. The van der Waals surface area contributed by atoms with Crippen molar-refractivity contribution in [1.29, 1.82) is 0 Å². The smallest absolute Gasteiger partial charge is 0.188 e. The van der Waals surface area contributed by atoms with Crippen LogP contribution in [0.2, 0.25) is 0 Å². The van der Waals surface area contributed by atoms with Gasteiger partial charge >= 0.3 is 0 Å². The number of nitrogens with zero attached hydrogens (tertiary/aromatic N) is 2. The van der Waals surface area contributed by atoms with Gasteiger partial charge in [-0.15, -0.1) is 0 Å². The molecule has 94 valence electrons.